The lowest BCUT2D eigenvalue weighted by molar-refractivity contribution is -0.240. The summed E-state index contributed by atoms with van der Waals surface area (Å²) in [5.41, 5.74) is -0.103. The molecule has 34 heavy (non-hydrogen) atoms. The first-order valence-corrected chi connectivity index (χ1v) is 10.7. The number of ether oxygens (including phenoxy) is 2. The van der Waals surface area contributed by atoms with Crippen LogP contribution in [0, 0.1) is 6.92 Å². The highest BCUT2D eigenvalue weighted by atomic mass is 16.6. The molecule has 1 saturated heterocycles. The molecule has 0 saturated carbocycles. The summed E-state index contributed by atoms with van der Waals surface area (Å²) in [5.74, 6) is -1.40. The van der Waals surface area contributed by atoms with Crippen molar-refractivity contribution in [3.8, 4) is 5.75 Å². The molecule has 1 aromatic heterocycles. The predicted octanol–water partition coefficient (Wildman–Crippen LogP) is 0.971. The summed E-state index contributed by atoms with van der Waals surface area (Å²) in [6, 6.07) is 2.48. The molecule has 1 aromatic carbocycles. The Labute approximate surface area is 195 Å². The number of esters is 1. The number of hydrogen-bond donors (Lipinski definition) is 4. The van der Waals surface area contributed by atoms with E-state index >= 15 is 0 Å². The first-order valence-electron chi connectivity index (χ1n) is 10.7. The maximum Gasteiger partial charge on any atom is 0.333 e. The average Bonchev–Trinajstić information content (AvgIpc) is 2.76. The second-order valence-corrected chi connectivity index (χ2v) is 8.39. The highest BCUT2D eigenvalue weighted by molar-refractivity contribution is 5.88. The van der Waals surface area contributed by atoms with Gasteiger partial charge in [0.05, 0.1) is 24.0 Å². The van der Waals surface area contributed by atoms with E-state index in [4.69, 9.17) is 13.9 Å². The van der Waals surface area contributed by atoms with Crippen LogP contribution in [-0.4, -0.2) is 63.2 Å². The molecule has 5 unspecified atom stereocenters. The number of aromatic hydroxyl groups is 1. The molecule has 2 aromatic rings. The fraction of sp³-hybridized carbons (Fsp3) is 0.458. The smallest absolute Gasteiger partial charge is 0.333 e. The van der Waals surface area contributed by atoms with Gasteiger partial charge < -0.3 is 34.3 Å². The van der Waals surface area contributed by atoms with Crippen molar-refractivity contribution in [2.24, 2.45) is 0 Å². The Morgan fingerprint density at radius 2 is 1.85 bits per heavy atom. The van der Waals surface area contributed by atoms with E-state index in [1.54, 1.807) is 13.8 Å². The summed E-state index contributed by atoms with van der Waals surface area (Å²) < 4.78 is 17.0. The third-order valence-corrected chi connectivity index (χ3v) is 5.84. The highest BCUT2D eigenvalue weighted by Crippen LogP contribution is 2.42. The molecule has 0 radical (unpaired) electrons. The van der Waals surface area contributed by atoms with Gasteiger partial charge in [-0.25, -0.2) is 4.79 Å². The number of hydrogen-bond acceptors (Lipinski definition) is 10. The number of benzene rings is 1. The number of Topliss-reactive ketones (excluding diaryl/α,β-unsaturated/α-hetero) is 1. The van der Waals surface area contributed by atoms with Crippen LogP contribution in [0.4, 0.5) is 0 Å². The van der Waals surface area contributed by atoms with Crippen molar-refractivity contribution in [2.75, 3.05) is 6.61 Å². The molecule has 10 nitrogen and oxygen atoms in total. The summed E-state index contributed by atoms with van der Waals surface area (Å²) in [4.78, 5) is 37.0. The highest BCUT2D eigenvalue weighted by Gasteiger charge is 2.49. The van der Waals surface area contributed by atoms with Crippen LogP contribution >= 0.6 is 0 Å². The van der Waals surface area contributed by atoms with Crippen molar-refractivity contribution in [3.05, 3.63) is 50.9 Å². The number of ketones is 1. The van der Waals surface area contributed by atoms with Gasteiger partial charge in [0.2, 0.25) is 0 Å². The van der Waals surface area contributed by atoms with Gasteiger partial charge in [0.25, 0.3) is 0 Å². The number of aliphatic hydroxyl groups excluding tert-OH is 3. The molecule has 1 fully saturated rings. The number of aryl methyl sites for hydroxylation is 1. The molecular weight excluding hydrogens is 448 g/mol. The third-order valence-electron chi connectivity index (χ3n) is 5.84. The topological polar surface area (TPSA) is 164 Å². The Hall–Kier alpha value is -3.05. The minimum atomic E-state index is -1.70. The second kappa shape index (κ2) is 10.1. The zero-order valence-corrected chi connectivity index (χ0v) is 19.3. The minimum absolute atomic E-state index is 0.0460. The molecule has 0 spiro atoms. The van der Waals surface area contributed by atoms with Crippen LogP contribution in [0.5, 0.6) is 5.75 Å². The molecule has 0 amide bonds. The van der Waals surface area contributed by atoms with Crippen LogP contribution in [0.1, 0.15) is 43.8 Å². The number of phenols is 1. The van der Waals surface area contributed by atoms with Crippen molar-refractivity contribution in [1.82, 2.24) is 0 Å². The molecule has 10 heteroatoms. The van der Waals surface area contributed by atoms with E-state index < -0.39 is 48.5 Å². The SMILES string of the molecule is CC=C(C)C(=O)OC1C(c2c(O)cc(C)c3c(=O)cc(CC(C)=O)oc23)OC(CO)C(O)C1O. The molecule has 5 atom stereocenters. The van der Waals surface area contributed by atoms with Gasteiger partial charge in [0.15, 0.2) is 11.5 Å². The molecule has 3 rings (SSSR count). The number of fused-ring (bicyclic) bond motifs is 1. The van der Waals surface area contributed by atoms with Crippen molar-refractivity contribution in [1.29, 1.82) is 0 Å². The fourth-order valence-electron chi connectivity index (χ4n) is 3.97. The lowest BCUT2D eigenvalue weighted by Gasteiger charge is -2.42. The van der Waals surface area contributed by atoms with E-state index in [9.17, 15) is 34.8 Å². The van der Waals surface area contributed by atoms with E-state index in [1.807, 2.05) is 0 Å². The van der Waals surface area contributed by atoms with E-state index in [0.717, 1.165) is 0 Å². The second-order valence-electron chi connectivity index (χ2n) is 8.39. The van der Waals surface area contributed by atoms with Crippen LogP contribution in [0.2, 0.25) is 0 Å². The molecule has 0 bridgehead atoms. The summed E-state index contributed by atoms with van der Waals surface area (Å²) in [6.07, 6.45) is -6.24. The average molecular weight is 476 g/mol. The Morgan fingerprint density at radius 1 is 1.18 bits per heavy atom. The normalized spacial score (nSPS) is 25.4. The number of carbonyl (C=O) groups is 2. The molecular formula is C24H28O10. The standard InChI is InChI=1S/C24H28O10/c1-5-10(2)24(31)34-23-20(30)19(29)16(9-25)33-22(23)18-14(27)6-11(3)17-15(28)8-13(7-12(4)26)32-21(17)18/h5-6,8,16,19-20,22-23,25,27,29-30H,7,9H2,1-4H3. The van der Waals surface area contributed by atoms with Crippen LogP contribution in [0.15, 0.2) is 33.0 Å². The lowest BCUT2D eigenvalue weighted by atomic mass is 9.89. The fourth-order valence-corrected chi connectivity index (χ4v) is 3.97. The van der Waals surface area contributed by atoms with E-state index in [0.29, 0.717) is 5.56 Å². The van der Waals surface area contributed by atoms with Gasteiger partial charge in [-0.2, -0.15) is 0 Å². The minimum Gasteiger partial charge on any atom is -0.507 e. The van der Waals surface area contributed by atoms with Crippen molar-refractivity contribution in [2.45, 2.75) is 64.6 Å². The van der Waals surface area contributed by atoms with E-state index in [2.05, 4.69) is 0 Å². The third kappa shape index (κ3) is 4.76. The molecule has 4 N–H and O–H groups in total. The van der Waals surface area contributed by atoms with Crippen molar-refractivity contribution >= 4 is 22.7 Å². The maximum atomic E-state index is 12.9. The molecule has 1 aliphatic rings. The zero-order chi connectivity index (χ0) is 25.3. The van der Waals surface area contributed by atoms with E-state index in [1.165, 1.54) is 32.1 Å². The van der Waals surface area contributed by atoms with Gasteiger partial charge >= 0.3 is 5.97 Å². The van der Waals surface area contributed by atoms with Crippen molar-refractivity contribution < 1.29 is 43.9 Å². The van der Waals surface area contributed by atoms with Crippen LogP contribution < -0.4 is 5.43 Å². The van der Waals surface area contributed by atoms with Gasteiger partial charge in [-0.3, -0.25) is 9.59 Å². The molecule has 1 aliphatic heterocycles. The maximum absolute atomic E-state index is 12.9. The van der Waals surface area contributed by atoms with Crippen LogP contribution in [0.3, 0.4) is 0 Å². The van der Waals surface area contributed by atoms with Crippen LogP contribution in [0.25, 0.3) is 11.0 Å². The predicted molar refractivity (Wildman–Crippen MR) is 119 cm³/mol. The van der Waals surface area contributed by atoms with Crippen LogP contribution in [-0.2, 0) is 25.5 Å². The summed E-state index contributed by atoms with van der Waals surface area (Å²) in [5, 5.41) is 41.8. The number of allylic oxidation sites excluding steroid dienone is 1. The number of aliphatic hydroxyl groups is 3. The molecule has 0 aliphatic carbocycles. The summed E-state index contributed by atoms with van der Waals surface area (Å²) in [6.45, 7) is 5.32. The Kier molecular flexibility index (Phi) is 7.57. The van der Waals surface area contributed by atoms with Gasteiger partial charge in [-0.05, 0) is 39.3 Å². The summed E-state index contributed by atoms with van der Waals surface area (Å²) >= 11 is 0. The number of rotatable bonds is 6. The largest absolute Gasteiger partial charge is 0.507 e. The lowest BCUT2D eigenvalue weighted by Crippen LogP contribution is -2.56. The number of carbonyl (C=O) groups excluding carboxylic acids is 2. The zero-order valence-electron chi connectivity index (χ0n) is 19.3. The monoisotopic (exact) mass is 476 g/mol. The summed E-state index contributed by atoms with van der Waals surface area (Å²) in [7, 11) is 0. The quantitative estimate of drug-likeness (QED) is 0.349. The Morgan fingerprint density at radius 3 is 2.44 bits per heavy atom. The Balaban J connectivity index is 2.27. The van der Waals surface area contributed by atoms with Gasteiger partial charge in [0, 0.05) is 11.6 Å². The Bertz CT molecular complexity index is 1190. The van der Waals surface area contributed by atoms with Gasteiger partial charge in [-0.15, -0.1) is 0 Å². The molecule has 2 heterocycles. The van der Waals surface area contributed by atoms with Crippen molar-refractivity contribution in [3.63, 3.8) is 0 Å². The van der Waals surface area contributed by atoms with E-state index in [-0.39, 0.29) is 45.8 Å². The molecule has 184 valence electrons. The van der Waals surface area contributed by atoms with Gasteiger partial charge in [-0.1, -0.05) is 6.08 Å². The number of phenolic OH excluding ortho intramolecular Hbond substituents is 1. The van der Waals surface area contributed by atoms with Gasteiger partial charge in [0.1, 0.15) is 47.3 Å². The first kappa shape index (κ1) is 25.6. The first-order chi connectivity index (χ1) is 16.0.